The number of nitrogens with zero attached hydrogens (tertiary/aromatic N) is 1. The molecule has 7 nitrogen and oxygen atoms in total. The van der Waals surface area contributed by atoms with E-state index in [0.29, 0.717) is 16.2 Å². The van der Waals surface area contributed by atoms with E-state index in [4.69, 9.17) is 10.8 Å². The molecular formula is C17H21NO6Se. The van der Waals surface area contributed by atoms with E-state index in [1.807, 2.05) is 0 Å². The van der Waals surface area contributed by atoms with E-state index in [1.165, 1.54) is 6.07 Å². The Morgan fingerprint density at radius 2 is 1.92 bits per heavy atom. The van der Waals surface area contributed by atoms with Crippen LogP contribution in [0.5, 0.6) is 0 Å². The molecule has 0 amide bonds. The summed E-state index contributed by atoms with van der Waals surface area (Å²) in [5.41, 5.74) is -1.47. The Morgan fingerprint density at radius 1 is 1.32 bits per heavy atom. The number of nitro groups is 1. The van der Waals surface area contributed by atoms with Gasteiger partial charge in [0.15, 0.2) is 0 Å². The van der Waals surface area contributed by atoms with E-state index in [-0.39, 0.29) is 33.9 Å². The summed E-state index contributed by atoms with van der Waals surface area (Å²) in [5.74, 6) is -1.89. The molecule has 136 valence electrons. The number of rotatable bonds is 9. The molecule has 0 aromatic heterocycles. The Hall–Kier alpha value is -1.92. The maximum atomic E-state index is 12.3. The summed E-state index contributed by atoms with van der Waals surface area (Å²) in [5, 5.41) is 11.7. The van der Waals surface area contributed by atoms with Crippen LogP contribution in [0.3, 0.4) is 0 Å². The predicted molar refractivity (Wildman–Crippen MR) is 91.7 cm³/mol. The normalized spacial score (nSPS) is 21.1. The summed E-state index contributed by atoms with van der Waals surface area (Å²) in [6, 6.07) is 6.54. The standard InChI is InChI=1S/C17H21NO6Se/c1-3-23-15(19)17(16(20)24-4-2)11-12(17)9-10-25-14-8-6-5-7-13(14)18(21)22/h5-8,12H,3-4,9-11H2,1-2H3/t12-/m0/s1/i11D/t11-,12+/m1. The molecule has 0 spiro atoms. The number of ether oxygens (including phenoxy) is 2. The number of benzene rings is 1. The molecule has 25 heavy (non-hydrogen) atoms. The molecule has 0 saturated heterocycles. The predicted octanol–water partition coefficient (Wildman–Crippen LogP) is 1.87. The van der Waals surface area contributed by atoms with Crippen LogP contribution >= 0.6 is 0 Å². The molecule has 1 aromatic carbocycles. The number of carbonyl (C=O) groups is 2. The summed E-state index contributed by atoms with van der Waals surface area (Å²) < 4.78 is 18.8. The van der Waals surface area contributed by atoms with Crippen molar-refractivity contribution in [3.8, 4) is 0 Å². The van der Waals surface area contributed by atoms with Crippen LogP contribution in [0.1, 0.15) is 28.0 Å². The van der Waals surface area contributed by atoms with Crippen molar-refractivity contribution >= 4 is 37.0 Å². The van der Waals surface area contributed by atoms with Crippen molar-refractivity contribution in [2.75, 3.05) is 13.2 Å². The number of para-hydroxylation sites is 1. The van der Waals surface area contributed by atoms with Crippen LogP contribution < -0.4 is 4.46 Å². The number of hydrogen-bond donors (Lipinski definition) is 0. The van der Waals surface area contributed by atoms with E-state index < -0.39 is 34.6 Å². The molecule has 1 fully saturated rings. The van der Waals surface area contributed by atoms with Gasteiger partial charge in [-0.2, -0.15) is 0 Å². The fourth-order valence-corrected chi connectivity index (χ4v) is 4.85. The second kappa shape index (κ2) is 8.45. The van der Waals surface area contributed by atoms with Gasteiger partial charge in [-0.25, -0.2) is 0 Å². The third-order valence-electron chi connectivity index (χ3n) is 3.91. The molecule has 8 heteroatoms. The minimum absolute atomic E-state index is 0.0766. The molecule has 1 aromatic rings. The quantitative estimate of drug-likeness (QED) is 0.201. The van der Waals surface area contributed by atoms with E-state index in [9.17, 15) is 19.7 Å². The van der Waals surface area contributed by atoms with E-state index >= 15 is 0 Å². The van der Waals surface area contributed by atoms with Crippen LogP contribution in [0, 0.1) is 21.4 Å². The fourth-order valence-electron chi connectivity index (χ4n) is 2.63. The number of esters is 2. The summed E-state index contributed by atoms with van der Waals surface area (Å²) >= 11 is -0.193. The van der Waals surface area contributed by atoms with Crippen molar-refractivity contribution in [3.05, 3.63) is 34.4 Å². The van der Waals surface area contributed by atoms with Crippen LogP contribution in [0.4, 0.5) is 5.69 Å². The number of hydrogen-bond acceptors (Lipinski definition) is 6. The summed E-state index contributed by atoms with van der Waals surface area (Å²) in [7, 11) is 0. The van der Waals surface area contributed by atoms with Crippen LogP contribution in [0.25, 0.3) is 0 Å². The summed E-state index contributed by atoms with van der Waals surface area (Å²) in [6.45, 7) is 3.54. The summed E-state index contributed by atoms with van der Waals surface area (Å²) in [6.07, 6.45) is -0.458. The average Bonchev–Trinajstić information content (AvgIpc) is 3.21. The molecule has 1 aliphatic carbocycles. The van der Waals surface area contributed by atoms with Crippen molar-refractivity contribution in [2.24, 2.45) is 11.3 Å². The van der Waals surface area contributed by atoms with Crippen molar-refractivity contribution in [1.29, 1.82) is 0 Å². The number of nitro benzene ring substituents is 1. The van der Waals surface area contributed by atoms with Gasteiger partial charge in [0.1, 0.15) is 0 Å². The van der Waals surface area contributed by atoms with Crippen molar-refractivity contribution < 1.29 is 25.4 Å². The Bertz CT molecular complexity index is 680. The first-order valence-corrected chi connectivity index (χ1v) is 10.1. The Labute approximate surface area is 153 Å². The maximum absolute atomic E-state index is 12.3. The molecule has 0 aliphatic heterocycles. The molecule has 0 N–H and O–H groups in total. The van der Waals surface area contributed by atoms with Gasteiger partial charge < -0.3 is 0 Å². The first-order valence-electron chi connectivity index (χ1n) is 8.61. The first-order chi connectivity index (χ1) is 12.4. The van der Waals surface area contributed by atoms with Gasteiger partial charge in [-0.05, 0) is 0 Å². The number of carbonyl (C=O) groups excluding carboxylic acids is 2. The van der Waals surface area contributed by atoms with Crippen LogP contribution in [-0.2, 0) is 19.1 Å². The molecule has 0 bridgehead atoms. The molecular weight excluding hydrogens is 393 g/mol. The SMILES string of the molecule is [2H][C@@H]1[C@H](CC[Se]c2ccccc2[N+](=O)[O-])C1(C(=O)OCC)C(=O)OCC. The monoisotopic (exact) mass is 416 g/mol. The minimum atomic E-state index is -1.55. The molecule has 1 saturated carbocycles. The van der Waals surface area contributed by atoms with E-state index in [2.05, 4.69) is 0 Å². The molecule has 1 aliphatic rings. The molecule has 0 heterocycles. The van der Waals surface area contributed by atoms with Gasteiger partial charge in [0.05, 0.1) is 0 Å². The molecule has 0 unspecified atom stereocenters. The van der Waals surface area contributed by atoms with Gasteiger partial charge in [-0.15, -0.1) is 0 Å². The first kappa shape index (κ1) is 17.9. The average molecular weight is 415 g/mol. The van der Waals surface area contributed by atoms with Crippen LogP contribution in [0.2, 0.25) is 5.32 Å². The third-order valence-corrected chi connectivity index (χ3v) is 6.21. The van der Waals surface area contributed by atoms with Crippen LogP contribution in [-0.4, -0.2) is 45.0 Å². The van der Waals surface area contributed by atoms with Crippen LogP contribution in [0.15, 0.2) is 24.3 Å². The Morgan fingerprint density at radius 3 is 2.48 bits per heavy atom. The zero-order valence-corrected chi connectivity index (χ0v) is 15.8. The van der Waals surface area contributed by atoms with Gasteiger partial charge in [0.25, 0.3) is 0 Å². The van der Waals surface area contributed by atoms with Gasteiger partial charge in [-0.3, -0.25) is 0 Å². The zero-order valence-electron chi connectivity index (χ0n) is 15.1. The van der Waals surface area contributed by atoms with Gasteiger partial charge in [0, 0.05) is 0 Å². The molecule has 2 atom stereocenters. The van der Waals surface area contributed by atoms with Gasteiger partial charge >= 0.3 is 153 Å². The zero-order chi connectivity index (χ0) is 19.3. The molecule has 0 radical (unpaired) electrons. The van der Waals surface area contributed by atoms with Gasteiger partial charge in [0.2, 0.25) is 0 Å². The second-order valence-electron chi connectivity index (χ2n) is 5.45. The second-order valence-corrected chi connectivity index (χ2v) is 7.83. The van der Waals surface area contributed by atoms with E-state index in [0.717, 1.165) is 0 Å². The third kappa shape index (κ3) is 4.19. The topological polar surface area (TPSA) is 95.7 Å². The summed E-state index contributed by atoms with van der Waals surface area (Å²) in [4.78, 5) is 35.3. The Balaban J connectivity index is 2.06. The van der Waals surface area contributed by atoms with Crippen molar-refractivity contribution in [1.82, 2.24) is 0 Å². The molecule has 2 rings (SSSR count). The Kier molecular flexibility index (Phi) is 6.04. The fraction of sp³-hybridized carbons (Fsp3) is 0.529. The van der Waals surface area contributed by atoms with Gasteiger partial charge in [-0.1, -0.05) is 0 Å². The van der Waals surface area contributed by atoms with E-state index in [1.54, 1.807) is 32.0 Å². The van der Waals surface area contributed by atoms with Crippen molar-refractivity contribution in [3.63, 3.8) is 0 Å². The van der Waals surface area contributed by atoms with Crippen molar-refractivity contribution in [2.45, 2.75) is 32.0 Å².